The van der Waals surface area contributed by atoms with Crippen LogP contribution in [0.4, 0.5) is 5.95 Å². The third kappa shape index (κ3) is 6.73. The maximum absolute atomic E-state index is 13.6. The molecule has 2 saturated heterocycles. The molecule has 49 heavy (non-hydrogen) atoms. The quantitative estimate of drug-likeness (QED) is 0.186. The number of carbonyl (C=O) groups excluding carboxylic acids is 2. The molecule has 4 N–H and O–H groups in total. The van der Waals surface area contributed by atoms with Crippen molar-refractivity contribution in [2.24, 2.45) is 13.0 Å². The van der Waals surface area contributed by atoms with Crippen LogP contribution >= 0.6 is 0 Å². The zero-order chi connectivity index (χ0) is 34.1. The molecule has 2 fully saturated rings. The summed E-state index contributed by atoms with van der Waals surface area (Å²) in [5.41, 5.74) is 1.33. The average Bonchev–Trinajstić information content (AvgIpc) is 3.77. The molecule has 1 unspecified atom stereocenters. The van der Waals surface area contributed by atoms with Crippen molar-refractivity contribution in [3.8, 4) is 0 Å². The van der Waals surface area contributed by atoms with Crippen molar-refractivity contribution in [3.05, 3.63) is 86.7 Å². The van der Waals surface area contributed by atoms with E-state index in [9.17, 15) is 19.2 Å². The molecule has 5 aromatic rings. The van der Waals surface area contributed by atoms with Crippen molar-refractivity contribution in [3.63, 3.8) is 0 Å². The number of nitrogens with one attached hydrogen (secondary N) is 4. The summed E-state index contributed by atoms with van der Waals surface area (Å²) in [7, 11) is 1.61. The second-order valence-corrected chi connectivity index (χ2v) is 13.4. The van der Waals surface area contributed by atoms with Gasteiger partial charge in [-0.05, 0) is 56.3 Å². The lowest BCUT2D eigenvalue weighted by Gasteiger charge is -2.32. The standard InChI is InChI=1S/C35H42N10O4/c1-22-5-3-13-43(18-22)16-12-37-31(46)28-21-45(34(49)29-25(28)6-11-36-29)19-24-17-26-27(20-42(2)33(48)30(26)40-24)32(47)41-23-7-14-44(15-8-23)35-38-9-4-10-39-35/h4,6,9-11,17,20-23,36,40H,3,5,7-8,12-16,18-19H2,1-2H3,(H,37,46)(H,41,47). The Morgan fingerprint density at radius 2 is 1.73 bits per heavy atom. The van der Waals surface area contributed by atoms with Crippen LogP contribution in [-0.4, -0.2) is 91.1 Å². The van der Waals surface area contributed by atoms with E-state index in [0.29, 0.717) is 64.6 Å². The third-order valence-electron chi connectivity index (χ3n) is 9.77. The average molecular weight is 667 g/mol. The molecule has 2 aliphatic heterocycles. The first-order chi connectivity index (χ1) is 23.7. The van der Waals surface area contributed by atoms with Gasteiger partial charge in [-0.1, -0.05) is 6.92 Å². The van der Waals surface area contributed by atoms with Gasteiger partial charge in [0.15, 0.2) is 0 Å². The topological polar surface area (TPSA) is 166 Å². The zero-order valence-corrected chi connectivity index (χ0v) is 27.9. The smallest absolute Gasteiger partial charge is 0.275 e. The molecule has 2 amide bonds. The van der Waals surface area contributed by atoms with Crippen molar-refractivity contribution >= 4 is 39.6 Å². The number of hydrogen-bond acceptors (Lipinski definition) is 8. The number of rotatable bonds is 9. The molecule has 14 nitrogen and oxygen atoms in total. The lowest BCUT2D eigenvalue weighted by Crippen LogP contribution is -2.45. The second-order valence-electron chi connectivity index (χ2n) is 13.4. The van der Waals surface area contributed by atoms with E-state index < -0.39 is 0 Å². The number of aryl methyl sites for hydroxylation is 1. The van der Waals surface area contributed by atoms with E-state index in [0.717, 1.165) is 32.5 Å². The normalized spacial score (nSPS) is 17.5. The number of amides is 2. The molecule has 256 valence electrons. The van der Waals surface area contributed by atoms with Crippen LogP contribution < -0.4 is 26.7 Å². The van der Waals surface area contributed by atoms with Crippen LogP contribution in [0.25, 0.3) is 21.8 Å². The van der Waals surface area contributed by atoms with Gasteiger partial charge in [0.05, 0.1) is 17.7 Å². The minimum Gasteiger partial charge on any atom is -0.357 e. The first kappa shape index (κ1) is 32.3. The fourth-order valence-corrected chi connectivity index (χ4v) is 7.19. The van der Waals surface area contributed by atoms with E-state index in [1.54, 1.807) is 56.2 Å². The Kier molecular flexibility index (Phi) is 9.04. The third-order valence-corrected chi connectivity index (χ3v) is 9.77. The summed E-state index contributed by atoms with van der Waals surface area (Å²) in [6.07, 6.45) is 12.1. The number of anilines is 1. The molecule has 0 saturated carbocycles. The first-order valence-corrected chi connectivity index (χ1v) is 17.0. The van der Waals surface area contributed by atoms with Crippen molar-refractivity contribution < 1.29 is 9.59 Å². The number of likely N-dealkylation sites (tertiary alicyclic amines) is 1. The Bertz CT molecular complexity index is 2110. The number of aromatic amines is 2. The van der Waals surface area contributed by atoms with Crippen LogP contribution in [0, 0.1) is 5.92 Å². The van der Waals surface area contributed by atoms with Crippen LogP contribution in [0.15, 0.2) is 58.8 Å². The summed E-state index contributed by atoms with van der Waals surface area (Å²) in [4.78, 5) is 73.0. The summed E-state index contributed by atoms with van der Waals surface area (Å²) in [6.45, 7) is 7.09. The Morgan fingerprint density at radius 1 is 0.959 bits per heavy atom. The molecular formula is C35H42N10O4. The number of aromatic nitrogens is 6. The van der Waals surface area contributed by atoms with Gasteiger partial charge in [0.2, 0.25) is 5.95 Å². The van der Waals surface area contributed by atoms with E-state index in [4.69, 9.17) is 0 Å². The summed E-state index contributed by atoms with van der Waals surface area (Å²) < 4.78 is 2.84. The molecule has 0 aromatic carbocycles. The van der Waals surface area contributed by atoms with E-state index >= 15 is 0 Å². The van der Waals surface area contributed by atoms with Gasteiger partial charge >= 0.3 is 0 Å². The van der Waals surface area contributed by atoms with Crippen LogP contribution in [0.2, 0.25) is 0 Å². The van der Waals surface area contributed by atoms with Crippen molar-refractivity contribution in [2.75, 3.05) is 44.2 Å². The molecule has 5 aromatic heterocycles. The summed E-state index contributed by atoms with van der Waals surface area (Å²) in [6, 6.07) is 5.21. The van der Waals surface area contributed by atoms with Gasteiger partial charge in [-0.25, -0.2) is 9.97 Å². The SMILES string of the molecule is CC1CCCN(CCNC(=O)c2cn(Cc3cc4c(C(=O)NC5CCN(c6ncccn6)CC5)cn(C)c(=O)c4[nH]3)c(=O)c3[nH]ccc23)C1. The molecule has 2 aliphatic rings. The van der Waals surface area contributed by atoms with Crippen LogP contribution in [0.5, 0.6) is 0 Å². The van der Waals surface area contributed by atoms with Gasteiger partial charge in [0.1, 0.15) is 11.0 Å². The minimum atomic E-state index is -0.296. The number of H-pyrrole nitrogens is 2. The highest BCUT2D eigenvalue weighted by Crippen LogP contribution is 2.21. The van der Waals surface area contributed by atoms with E-state index in [2.05, 4.69) is 47.3 Å². The van der Waals surface area contributed by atoms with E-state index in [1.165, 1.54) is 22.0 Å². The first-order valence-electron chi connectivity index (χ1n) is 17.0. The lowest BCUT2D eigenvalue weighted by atomic mass is 10.0. The van der Waals surface area contributed by atoms with Crippen LogP contribution in [0.3, 0.4) is 0 Å². The predicted octanol–water partition coefficient (Wildman–Crippen LogP) is 2.21. The van der Waals surface area contributed by atoms with Gasteiger partial charge < -0.3 is 39.5 Å². The molecule has 7 heterocycles. The Labute approximate surface area is 282 Å². The Morgan fingerprint density at radius 3 is 2.51 bits per heavy atom. The number of fused-ring (bicyclic) bond motifs is 2. The highest BCUT2D eigenvalue weighted by Gasteiger charge is 2.25. The monoisotopic (exact) mass is 666 g/mol. The fourth-order valence-electron chi connectivity index (χ4n) is 7.19. The molecule has 0 bridgehead atoms. The number of pyridine rings is 2. The van der Waals surface area contributed by atoms with Crippen LogP contribution in [0.1, 0.15) is 59.0 Å². The summed E-state index contributed by atoms with van der Waals surface area (Å²) in [5, 5.41) is 7.22. The van der Waals surface area contributed by atoms with Crippen molar-refractivity contribution in [1.29, 1.82) is 0 Å². The van der Waals surface area contributed by atoms with Crippen LogP contribution in [-0.2, 0) is 13.6 Å². The highest BCUT2D eigenvalue weighted by atomic mass is 16.2. The summed E-state index contributed by atoms with van der Waals surface area (Å²) in [5.74, 6) is 0.803. The largest absolute Gasteiger partial charge is 0.357 e. The van der Waals surface area contributed by atoms with E-state index in [-0.39, 0.29) is 41.0 Å². The molecular weight excluding hydrogens is 624 g/mol. The highest BCUT2D eigenvalue weighted by molar-refractivity contribution is 6.07. The minimum absolute atomic E-state index is 0.0442. The Balaban J connectivity index is 1.09. The molecule has 0 spiro atoms. The van der Waals surface area contributed by atoms with Gasteiger partial charge in [0.25, 0.3) is 22.9 Å². The van der Waals surface area contributed by atoms with Crippen molar-refractivity contribution in [2.45, 2.75) is 45.2 Å². The van der Waals surface area contributed by atoms with Gasteiger partial charge in [-0.2, -0.15) is 0 Å². The second kappa shape index (κ2) is 13.7. The number of hydrogen-bond donors (Lipinski definition) is 4. The number of piperidine rings is 2. The van der Waals surface area contributed by atoms with Gasteiger partial charge in [-0.3, -0.25) is 19.2 Å². The maximum atomic E-state index is 13.6. The maximum Gasteiger partial charge on any atom is 0.275 e. The lowest BCUT2D eigenvalue weighted by molar-refractivity contribution is 0.0927. The molecule has 1 atom stereocenters. The molecule has 0 radical (unpaired) electrons. The number of nitrogens with zero attached hydrogens (tertiary/aromatic N) is 6. The molecule has 0 aliphatic carbocycles. The Hall–Kier alpha value is -5.24. The zero-order valence-electron chi connectivity index (χ0n) is 27.9. The predicted molar refractivity (Wildman–Crippen MR) is 187 cm³/mol. The summed E-state index contributed by atoms with van der Waals surface area (Å²) >= 11 is 0. The van der Waals surface area contributed by atoms with E-state index in [1.807, 2.05) is 0 Å². The van der Waals surface area contributed by atoms with Gasteiger partial charge in [-0.15, -0.1) is 0 Å². The molecule has 7 rings (SSSR count). The van der Waals surface area contributed by atoms with Gasteiger partial charge in [0, 0.05) is 93.3 Å². The van der Waals surface area contributed by atoms with Crippen molar-refractivity contribution in [1.82, 2.24) is 44.6 Å². The fraction of sp³-hybridized carbons (Fsp3) is 0.429. The number of carbonyl (C=O) groups is 2. The molecule has 14 heteroatoms.